The summed E-state index contributed by atoms with van der Waals surface area (Å²) in [6.07, 6.45) is 0.142. The van der Waals surface area contributed by atoms with Crippen LogP contribution in [0.25, 0.3) is 0 Å². The molecule has 2 saturated heterocycles. The number of nitro groups is 1. The van der Waals surface area contributed by atoms with Gasteiger partial charge in [-0.1, -0.05) is 0 Å². The molecule has 0 bridgehead atoms. The van der Waals surface area contributed by atoms with Crippen LogP contribution in [0.4, 0.5) is 21.5 Å². The Bertz CT molecular complexity index is 940. The Kier molecular flexibility index (Phi) is 4.98. The number of rotatable bonds is 4. The molecule has 0 spiro atoms. The van der Waals surface area contributed by atoms with Gasteiger partial charge in [0, 0.05) is 17.8 Å². The van der Waals surface area contributed by atoms with Crippen LogP contribution in [0.3, 0.4) is 0 Å². The summed E-state index contributed by atoms with van der Waals surface area (Å²) in [5.41, 5.74) is 1.35. The van der Waals surface area contributed by atoms with Gasteiger partial charge in [-0.3, -0.25) is 19.7 Å². The summed E-state index contributed by atoms with van der Waals surface area (Å²) >= 11 is 0. The molecule has 4 rings (SSSR count). The van der Waals surface area contributed by atoms with Gasteiger partial charge in [0.2, 0.25) is 5.91 Å². The molecule has 2 aliphatic rings. The molecule has 2 aromatic rings. The number of nitrogens with one attached hydrogen (secondary N) is 1. The average Bonchev–Trinajstić information content (AvgIpc) is 3.03. The van der Waals surface area contributed by atoms with Gasteiger partial charge in [-0.05, 0) is 36.4 Å². The van der Waals surface area contributed by atoms with E-state index in [9.17, 15) is 24.1 Å². The number of carbonyl (C=O) groups is 2. The zero-order valence-electron chi connectivity index (χ0n) is 15.6. The van der Waals surface area contributed by atoms with Crippen molar-refractivity contribution in [3.8, 4) is 0 Å². The molecule has 0 aromatic heterocycles. The first-order valence-electron chi connectivity index (χ1n) is 9.40. The maximum Gasteiger partial charge on any atom is 0.292 e. The maximum absolute atomic E-state index is 13.1. The van der Waals surface area contributed by atoms with Gasteiger partial charge >= 0.3 is 0 Å². The molecule has 2 fully saturated rings. The molecule has 150 valence electrons. The van der Waals surface area contributed by atoms with Gasteiger partial charge in [0.15, 0.2) is 6.04 Å². The number of hydrogen-bond acceptors (Lipinski definition) is 5. The van der Waals surface area contributed by atoms with Crippen molar-refractivity contribution in [2.24, 2.45) is 0 Å². The number of amides is 2. The Morgan fingerprint density at radius 3 is 2.14 bits per heavy atom. The predicted molar refractivity (Wildman–Crippen MR) is 103 cm³/mol. The van der Waals surface area contributed by atoms with Crippen molar-refractivity contribution in [2.75, 3.05) is 36.0 Å². The van der Waals surface area contributed by atoms with Crippen LogP contribution in [0.5, 0.6) is 0 Å². The maximum atomic E-state index is 13.1. The summed E-state index contributed by atoms with van der Waals surface area (Å²) in [5.74, 6) is -0.935. The minimum absolute atomic E-state index is 0.0500. The Labute approximate surface area is 166 Å². The minimum atomic E-state index is -0.438. The largest absolute Gasteiger partial charge is 0.360 e. The second-order valence-electron chi connectivity index (χ2n) is 7.22. The number of halogens is 1. The molecule has 2 heterocycles. The molecule has 1 N–H and O–H groups in total. The number of imide groups is 1. The molecule has 2 aromatic carbocycles. The van der Waals surface area contributed by atoms with Crippen LogP contribution in [-0.2, 0) is 9.59 Å². The number of anilines is 2. The van der Waals surface area contributed by atoms with Crippen molar-refractivity contribution in [2.45, 2.75) is 12.5 Å². The van der Waals surface area contributed by atoms with E-state index in [1.165, 1.54) is 36.4 Å². The molecule has 2 aliphatic heterocycles. The number of benzene rings is 2. The Morgan fingerprint density at radius 2 is 1.55 bits per heavy atom. The molecule has 8 nitrogen and oxygen atoms in total. The quantitative estimate of drug-likeness (QED) is 0.466. The number of quaternary nitrogens is 1. The minimum Gasteiger partial charge on any atom is -0.360 e. The van der Waals surface area contributed by atoms with E-state index in [0.717, 1.165) is 15.5 Å². The van der Waals surface area contributed by atoms with Crippen molar-refractivity contribution in [3.05, 3.63) is 64.5 Å². The van der Waals surface area contributed by atoms with Crippen LogP contribution in [0.2, 0.25) is 0 Å². The highest BCUT2D eigenvalue weighted by atomic mass is 19.1. The molecular weight excluding hydrogens is 379 g/mol. The molecule has 0 unspecified atom stereocenters. The molecule has 0 radical (unpaired) electrons. The monoisotopic (exact) mass is 399 g/mol. The first-order valence-corrected chi connectivity index (χ1v) is 9.40. The molecular formula is C20H20FN4O4+. The SMILES string of the molecule is O=C1C[C@H]([NH+]2CCN(c3ccc([N+](=O)[O-])cc3)CC2)C(=O)N1c1ccc(F)cc1. The van der Waals surface area contributed by atoms with Gasteiger partial charge in [-0.15, -0.1) is 0 Å². The van der Waals surface area contributed by atoms with Gasteiger partial charge in [0.05, 0.1) is 43.2 Å². The number of piperazine rings is 1. The number of non-ortho nitro benzene ring substituents is 1. The van der Waals surface area contributed by atoms with E-state index < -0.39 is 16.8 Å². The van der Waals surface area contributed by atoms with Crippen molar-refractivity contribution < 1.29 is 23.8 Å². The number of carbonyl (C=O) groups excluding carboxylic acids is 2. The summed E-state index contributed by atoms with van der Waals surface area (Å²) in [7, 11) is 0. The van der Waals surface area contributed by atoms with E-state index in [1.54, 1.807) is 12.1 Å². The zero-order valence-corrected chi connectivity index (χ0v) is 15.6. The lowest BCUT2D eigenvalue weighted by molar-refractivity contribution is -0.915. The third kappa shape index (κ3) is 3.68. The third-order valence-electron chi connectivity index (χ3n) is 5.56. The lowest BCUT2D eigenvalue weighted by atomic mass is 10.1. The fraction of sp³-hybridized carbons (Fsp3) is 0.300. The van der Waals surface area contributed by atoms with Crippen LogP contribution in [0.15, 0.2) is 48.5 Å². The molecule has 0 saturated carbocycles. The van der Waals surface area contributed by atoms with Crippen molar-refractivity contribution in [1.82, 2.24) is 0 Å². The number of nitrogens with zero attached hydrogens (tertiary/aromatic N) is 3. The fourth-order valence-electron chi connectivity index (χ4n) is 4.00. The van der Waals surface area contributed by atoms with E-state index in [4.69, 9.17) is 0 Å². The molecule has 2 amide bonds. The number of nitro benzene ring substituents is 1. The van der Waals surface area contributed by atoms with Gasteiger partial charge in [-0.25, -0.2) is 9.29 Å². The van der Waals surface area contributed by atoms with Crippen LogP contribution in [0, 0.1) is 15.9 Å². The van der Waals surface area contributed by atoms with E-state index in [0.29, 0.717) is 31.9 Å². The van der Waals surface area contributed by atoms with Crippen molar-refractivity contribution in [1.29, 1.82) is 0 Å². The smallest absolute Gasteiger partial charge is 0.292 e. The van der Waals surface area contributed by atoms with E-state index in [2.05, 4.69) is 4.90 Å². The van der Waals surface area contributed by atoms with E-state index in [1.807, 2.05) is 0 Å². The Morgan fingerprint density at radius 1 is 0.966 bits per heavy atom. The average molecular weight is 399 g/mol. The van der Waals surface area contributed by atoms with E-state index in [-0.39, 0.29) is 23.9 Å². The van der Waals surface area contributed by atoms with Crippen LogP contribution in [-0.4, -0.2) is 49.0 Å². The second-order valence-corrected chi connectivity index (χ2v) is 7.22. The molecule has 1 atom stereocenters. The summed E-state index contributed by atoms with van der Waals surface area (Å²) in [6.45, 7) is 2.72. The highest BCUT2D eigenvalue weighted by Gasteiger charge is 2.46. The van der Waals surface area contributed by atoms with Crippen molar-refractivity contribution in [3.63, 3.8) is 0 Å². The predicted octanol–water partition coefficient (Wildman–Crippen LogP) is 0.771. The highest BCUT2D eigenvalue weighted by Crippen LogP contribution is 2.23. The first kappa shape index (κ1) is 19.0. The molecule has 29 heavy (non-hydrogen) atoms. The number of hydrogen-bond donors (Lipinski definition) is 1. The molecule has 9 heteroatoms. The summed E-state index contributed by atoms with van der Waals surface area (Å²) in [6, 6.07) is 11.3. The lowest BCUT2D eigenvalue weighted by Gasteiger charge is -2.35. The van der Waals surface area contributed by atoms with Crippen LogP contribution < -0.4 is 14.7 Å². The van der Waals surface area contributed by atoms with Gasteiger partial charge < -0.3 is 9.80 Å². The normalized spacial score (nSPS) is 20.4. The van der Waals surface area contributed by atoms with Crippen LogP contribution >= 0.6 is 0 Å². The van der Waals surface area contributed by atoms with Crippen molar-refractivity contribution >= 4 is 28.9 Å². The lowest BCUT2D eigenvalue weighted by Crippen LogP contribution is -3.19. The standard InChI is InChI=1S/C20H19FN4O4/c21-14-1-3-16(4-2-14)24-19(26)13-18(20(24)27)23-11-9-22(10-12-23)15-5-7-17(8-6-15)25(28)29/h1-8,18H,9-13H2/p+1/t18-/m0/s1. The molecule has 0 aliphatic carbocycles. The first-order chi connectivity index (χ1) is 13.9. The van der Waals surface area contributed by atoms with Gasteiger partial charge in [0.25, 0.3) is 11.6 Å². The summed E-state index contributed by atoms with van der Waals surface area (Å²) in [5, 5.41) is 10.8. The summed E-state index contributed by atoms with van der Waals surface area (Å²) < 4.78 is 13.1. The topological polar surface area (TPSA) is 88.2 Å². The van der Waals surface area contributed by atoms with Gasteiger partial charge in [0.1, 0.15) is 5.82 Å². The Hall–Kier alpha value is -3.33. The Balaban J connectivity index is 1.41. The van der Waals surface area contributed by atoms with Crippen LogP contribution in [0.1, 0.15) is 6.42 Å². The summed E-state index contributed by atoms with van der Waals surface area (Å²) in [4.78, 5) is 40.0. The zero-order chi connectivity index (χ0) is 20.5. The second kappa shape index (κ2) is 7.59. The van der Waals surface area contributed by atoms with Gasteiger partial charge in [-0.2, -0.15) is 0 Å². The third-order valence-corrected chi connectivity index (χ3v) is 5.56. The highest BCUT2D eigenvalue weighted by molar-refractivity contribution is 6.21. The van der Waals surface area contributed by atoms with E-state index >= 15 is 0 Å². The fourth-order valence-corrected chi connectivity index (χ4v) is 4.00.